The van der Waals surface area contributed by atoms with Gasteiger partial charge in [-0.3, -0.25) is 0 Å². The Morgan fingerprint density at radius 2 is 2.25 bits per heavy atom. The summed E-state index contributed by atoms with van der Waals surface area (Å²) in [5.41, 5.74) is 2.78. The number of thiol groups is 1. The quantitative estimate of drug-likeness (QED) is 0.642. The summed E-state index contributed by atoms with van der Waals surface area (Å²) in [6.45, 7) is 1.98. The van der Waals surface area contributed by atoms with Gasteiger partial charge in [-0.1, -0.05) is 18.2 Å². The summed E-state index contributed by atoms with van der Waals surface area (Å²) in [5.74, 6) is 0.546. The molecular weight excluding hydrogens is 220 g/mol. The van der Waals surface area contributed by atoms with Crippen LogP contribution in [0.3, 0.4) is 0 Å². The van der Waals surface area contributed by atoms with E-state index < -0.39 is 0 Å². The number of carbonyl (C=O) groups excluding carboxylic acids is 1. The Bertz CT molecular complexity index is 397. The lowest BCUT2D eigenvalue weighted by Gasteiger charge is -2.03. The molecule has 16 heavy (non-hydrogen) atoms. The number of allylic oxidation sites excluding steroid dienone is 1. The molecule has 0 bridgehead atoms. The first kappa shape index (κ1) is 12.8. The molecule has 86 valence electrons. The molecule has 0 aromatic heterocycles. The SMILES string of the molecule is COC(=O)c1ccc(C=CCCS)c(C)c1. The smallest absolute Gasteiger partial charge is 0.337 e. The third-order valence-electron chi connectivity index (χ3n) is 2.28. The summed E-state index contributed by atoms with van der Waals surface area (Å²) >= 11 is 4.14. The number of hydrogen-bond acceptors (Lipinski definition) is 3. The molecule has 2 nitrogen and oxygen atoms in total. The number of carbonyl (C=O) groups is 1. The van der Waals surface area contributed by atoms with Crippen molar-refractivity contribution in [2.24, 2.45) is 0 Å². The van der Waals surface area contributed by atoms with Gasteiger partial charge in [0.05, 0.1) is 12.7 Å². The van der Waals surface area contributed by atoms with E-state index in [-0.39, 0.29) is 5.97 Å². The Labute approximate surface area is 102 Å². The van der Waals surface area contributed by atoms with Crippen molar-refractivity contribution in [3.05, 3.63) is 41.0 Å². The van der Waals surface area contributed by atoms with Gasteiger partial charge in [-0.05, 0) is 42.4 Å². The van der Waals surface area contributed by atoms with Gasteiger partial charge in [0.25, 0.3) is 0 Å². The predicted molar refractivity (Wildman–Crippen MR) is 70.0 cm³/mol. The second-order valence-corrected chi connectivity index (χ2v) is 3.92. The summed E-state index contributed by atoms with van der Waals surface area (Å²) in [4.78, 5) is 11.3. The fraction of sp³-hybridized carbons (Fsp3) is 0.308. The molecule has 1 aromatic rings. The van der Waals surface area contributed by atoms with Gasteiger partial charge in [0.15, 0.2) is 0 Å². The average Bonchev–Trinajstić information content (AvgIpc) is 2.30. The van der Waals surface area contributed by atoms with Crippen LogP contribution in [0.5, 0.6) is 0 Å². The molecule has 0 saturated carbocycles. The minimum absolute atomic E-state index is 0.297. The second-order valence-electron chi connectivity index (χ2n) is 3.48. The molecule has 0 saturated heterocycles. The van der Waals surface area contributed by atoms with Crippen LogP contribution in [0.1, 0.15) is 27.9 Å². The summed E-state index contributed by atoms with van der Waals surface area (Å²) in [7, 11) is 1.39. The first-order valence-electron chi connectivity index (χ1n) is 5.15. The van der Waals surface area contributed by atoms with Crippen LogP contribution in [-0.2, 0) is 4.74 Å². The summed E-state index contributed by atoms with van der Waals surface area (Å²) in [6.07, 6.45) is 5.07. The zero-order valence-corrected chi connectivity index (χ0v) is 10.5. The van der Waals surface area contributed by atoms with E-state index in [4.69, 9.17) is 0 Å². The highest BCUT2D eigenvalue weighted by Gasteiger charge is 2.05. The van der Waals surface area contributed by atoms with Crippen LogP contribution in [0.4, 0.5) is 0 Å². The summed E-state index contributed by atoms with van der Waals surface area (Å²) in [6, 6.07) is 5.54. The molecule has 0 amide bonds. The number of rotatable bonds is 4. The topological polar surface area (TPSA) is 26.3 Å². The Morgan fingerprint density at radius 3 is 2.81 bits per heavy atom. The van der Waals surface area contributed by atoms with Gasteiger partial charge in [0.1, 0.15) is 0 Å². The molecule has 0 aliphatic carbocycles. The van der Waals surface area contributed by atoms with Crippen molar-refractivity contribution in [2.45, 2.75) is 13.3 Å². The lowest BCUT2D eigenvalue weighted by atomic mass is 10.0. The molecule has 0 heterocycles. The van der Waals surface area contributed by atoms with Gasteiger partial charge >= 0.3 is 5.97 Å². The van der Waals surface area contributed by atoms with E-state index in [9.17, 15) is 4.79 Å². The average molecular weight is 236 g/mol. The van der Waals surface area contributed by atoms with E-state index in [1.165, 1.54) is 7.11 Å². The standard InChI is InChI=1S/C13H16O2S/c1-10-9-12(13(14)15-2)7-6-11(10)5-3-4-8-16/h3,5-7,9,16H,4,8H2,1-2H3. The van der Waals surface area contributed by atoms with Gasteiger partial charge in [0, 0.05) is 0 Å². The normalized spacial score (nSPS) is 10.7. The van der Waals surface area contributed by atoms with Crippen LogP contribution in [0, 0.1) is 6.92 Å². The maximum Gasteiger partial charge on any atom is 0.337 e. The monoisotopic (exact) mass is 236 g/mol. The van der Waals surface area contributed by atoms with Crippen LogP contribution in [0.15, 0.2) is 24.3 Å². The maximum absolute atomic E-state index is 11.3. The highest BCUT2D eigenvalue weighted by Crippen LogP contribution is 2.14. The molecule has 0 aliphatic rings. The molecule has 0 radical (unpaired) electrons. The Balaban J connectivity index is 2.87. The van der Waals surface area contributed by atoms with Crippen LogP contribution >= 0.6 is 12.6 Å². The Hall–Kier alpha value is -1.22. The maximum atomic E-state index is 11.3. The number of aryl methyl sites for hydroxylation is 1. The number of hydrogen-bond donors (Lipinski definition) is 1. The highest BCUT2D eigenvalue weighted by molar-refractivity contribution is 7.80. The third-order valence-corrected chi connectivity index (χ3v) is 2.54. The van der Waals surface area contributed by atoms with Gasteiger partial charge in [0.2, 0.25) is 0 Å². The molecule has 0 unspecified atom stereocenters. The van der Waals surface area contributed by atoms with Gasteiger partial charge in [-0.2, -0.15) is 12.6 Å². The molecule has 0 N–H and O–H groups in total. The van der Waals surface area contributed by atoms with E-state index >= 15 is 0 Å². The fourth-order valence-electron chi connectivity index (χ4n) is 1.39. The molecule has 0 fully saturated rings. The van der Waals surface area contributed by atoms with E-state index in [0.717, 1.165) is 23.3 Å². The van der Waals surface area contributed by atoms with E-state index in [1.54, 1.807) is 6.07 Å². The van der Waals surface area contributed by atoms with Crippen LogP contribution in [0.2, 0.25) is 0 Å². The van der Waals surface area contributed by atoms with Crippen LogP contribution < -0.4 is 0 Å². The molecule has 3 heteroatoms. The number of benzene rings is 1. The molecule has 0 aliphatic heterocycles. The van der Waals surface area contributed by atoms with E-state index in [0.29, 0.717) is 5.56 Å². The number of ether oxygens (including phenoxy) is 1. The first-order chi connectivity index (χ1) is 7.69. The zero-order valence-electron chi connectivity index (χ0n) is 9.56. The van der Waals surface area contributed by atoms with Crippen molar-refractivity contribution in [3.63, 3.8) is 0 Å². The first-order valence-corrected chi connectivity index (χ1v) is 5.78. The fourth-order valence-corrected chi connectivity index (χ4v) is 1.54. The van der Waals surface area contributed by atoms with Crippen molar-refractivity contribution >= 4 is 24.7 Å². The molecule has 1 aromatic carbocycles. The van der Waals surface area contributed by atoms with Gasteiger partial charge in [-0.25, -0.2) is 4.79 Å². The highest BCUT2D eigenvalue weighted by atomic mass is 32.1. The van der Waals surface area contributed by atoms with Crippen molar-refractivity contribution < 1.29 is 9.53 Å². The summed E-state index contributed by atoms with van der Waals surface area (Å²) < 4.78 is 4.66. The van der Waals surface area contributed by atoms with Gasteiger partial charge < -0.3 is 4.74 Å². The lowest BCUT2D eigenvalue weighted by Crippen LogP contribution is -2.01. The van der Waals surface area contributed by atoms with Crippen molar-refractivity contribution in [3.8, 4) is 0 Å². The molecule has 1 rings (SSSR count). The Morgan fingerprint density at radius 1 is 1.50 bits per heavy atom. The van der Waals surface area contributed by atoms with Crippen molar-refractivity contribution in [1.82, 2.24) is 0 Å². The zero-order chi connectivity index (χ0) is 12.0. The minimum Gasteiger partial charge on any atom is -0.465 e. The number of esters is 1. The van der Waals surface area contributed by atoms with Crippen LogP contribution in [0.25, 0.3) is 6.08 Å². The lowest BCUT2D eigenvalue weighted by molar-refractivity contribution is 0.0600. The van der Waals surface area contributed by atoms with E-state index in [1.807, 2.05) is 25.1 Å². The van der Waals surface area contributed by atoms with Crippen molar-refractivity contribution in [1.29, 1.82) is 0 Å². The van der Waals surface area contributed by atoms with Crippen molar-refractivity contribution in [2.75, 3.05) is 12.9 Å². The van der Waals surface area contributed by atoms with E-state index in [2.05, 4.69) is 23.4 Å². The second kappa shape index (κ2) is 6.38. The minimum atomic E-state index is -0.297. The number of methoxy groups -OCH3 is 1. The molecule has 0 spiro atoms. The Kier molecular flexibility index (Phi) is 5.12. The van der Waals surface area contributed by atoms with Crippen LogP contribution in [-0.4, -0.2) is 18.8 Å². The summed E-state index contributed by atoms with van der Waals surface area (Å²) in [5, 5.41) is 0. The molecular formula is C13H16O2S. The van der Waals surface area contributed by atoms with Gasteiger partial charge in [-0.15, -0.1) is 0 Å². The predicted octanol–water partition coefficient (Wildman–Crippen LogP) is 3.11. The molecule has 0 atom stereocenters. The third kappa shape index (κ3) is 3.42. The largest absolute Gasteiger partial charge is 0.465 e.